The number of rotatable bonds is 5. The van der Waals surface area contributed by atoms with Crippen molar-refractivity contribution < 1.29 is 14.3 Å². The average Bonchev–Trinajstić information content (AvgIpc) is 3.09. The molecule has 0 unspecified atom stereocenters. The van der Waals surface area contributed by atoms with Gasteiger partial charge >= 0.3 is 5.97 Å². The van der Waals surface area contributed by atoms with Crippen LogP contribution in [0.25, 0.3) is 0 Å². The largest absolute Gasteiger partial charge is 0.462 e. The number of nitrogens with one attached hydrogen (secondary N) is 1. The summed E-state index contributed by atoms with van der Waals surface area (Å²) in [6.45, 7) is 4.32. The summed E-state index contributed by atoms with van der Waals surface area (Å²) in [5, 5.41) is 3.54. The molecule has 0 saturated carbocycles. The van der Waals surface area contributed by atoms with Crippen molar-refractivity contribution in [1.29, 1.82) is 0 Å². The number of fused-ring (bicyclic) bond motifs is 1. The normalized spacial score (nSPS) is 16.4. The van der Waals surface area contributed by atoms with Crippen LogP contribution >= 0.6 is 34.3 Å². The minimum Gasteiger partial charge on any atom is -0.462 e. The van der Waals surface area contributed by atoms with Gasteiger partial charge < -0.3 is 10.1 Å². The molecule has 2 heterocycles. The molecule has 25 heavy (non-hydrogen) atoms. The first-order chi connectivity index (χ1) is 12.0. The number of hydrogen-bond acceptors (Lipinski definition) is 5. The Balaban J connectivity index is 1.84. The molecule has 2 aromatic rings. The summed E-state index contributed by atoms with van der Waals surface area (Å²) in [7, 11) is 0. The van der Waals surface area contributed by atoms with Crippen molar-refractivity contribution in [2.45, 2.75) is 39.5 Å². The lowest BCUT2D eigenvalue weighted by molar-refractivity contribution is -0.115. The molecule has 1 N–H and O–H groups in total. The van der Waals surface area contributed by atoms with Gasteiger partial charge in [0.25, 0.3) is 0 Å². The summed E-state index contributed by atoms with van der Waals surface area (Å²) in [5.41, 5.74) is 1.60. The summed E-state index contributed by atoms with van der Waals surface area (Å²) in [6.07, 6.45) is 3.11. The maximum absolute atomic E-state index is 12.4. The molecule has 134 valence electrons. The highest BCUT2D eigenvalue weighted by molar-refractivity contribution is 7.17. The van der Waals surface area contributed by atoms with Gasteiger partial charge in [-0.2, -0.15) is 0 Å². The molecule has 0 fully saturated rings. The predicted octanol–water partition coefficient (Wildman–Crippen LogP) is 4.95. The predicted molar refractivity (Wildman–Crippen MR) is 103 cm³/mol. The average molecular weight is 398 g/mol. The summed E-state index contributed by atoms with van der Waals surface area (Å²) in [4.78, 5) is 26.9. The van der Waals surface area contributed by atoms with Crippen molar-refractivity contribution in [2.24, 2.45) is 5.92 Å². The van der Waals surface area contributed by atoms with Gasteiger partial charge in [-0.05, 0) is 49.8 Å². The van der Waals surface area contributed by atoms with Gasteiger partial charge in [-0.1, -0.05) is 18.5 Å². The maximum atomic E-state index is 12.4. The van der Waals surface area contributed by atoms with E-state index in [9.17, 15) is 9.59 Å². The smallest absolute Gasteiger partial charge is 0.341 e. The number of carbonyl (C=O) groups excluding carboxylic acids is 2. The van der Waals surface area contributed by atoms with E-state index in [1.54, 1.807) is 13.0 Å². The number of amides is 1. The summed E-state index contributed by atoms with van der Waals surface area (Å²) < 4.78 is 5.89. The molecule has 0 radical (unpaired) electrons. The third-order valence-electron chi connectivity index (χ3n) is 4.21. The van der Waals surface area contributed by atoms with Crippen LogP contribution in [-0.4, -0.2) is 18.5 Å². The van der Waals surface area contributed by atoms with E-state index in [2.05, 4.69) is 12.2 Å². The van der Waals surface area contributed by atoms with Crippen LogP contribution in [0.4, 0.5) is 5.00 Å². The standard InChI is InChI=1S/C18H20ClNO3S2/c1-3-23-18(22)16-12-6-4-10(2)8-13(12)25-17(16)20-15(21)9-11-5-7-14(19)24-11/h5,7,10H,3-4,6,8-9H2,1-2H3,(H,20,21)/t10-/m0/s1. The zero-order valence-electron chi connectivity index (χ0n) is 14.2. The number of halogens is 1. The Morgan fingerprint density at radius 1 is 1.36 bits per heavy atom. The second kappa shape index (κ2) is 7.89. The first-order valence-electron chi connectivity index (χ1n) is 8.33. The van der Waals surface area contributed by atoms with Crippen molar-refractivity contribution >= 4 is 51.2 Å². The highest BCUT2D eigenvalue weighted by atomic mass is 35.5. The first-order valence-corrected chi connectivity index (χ1v) is 10.3. The van der Waals surface area contributed by atoms with E-state index >= 15 is 0 Å². The van der Waals surface area contributed by atoms with Crippen LogP contribution in [0.2, 0.25) is 4.34 Å². The van der Waals surface area contributed by atoms with Crippen molar-refractivity contribution in [3.8, 4) is 0 Å². The quantitative estimate of drug-likeness (QED) is 0.726. The highest BCUT2D eigenvalue weighted by Gasteiger charge is 2.29. The van der Waals surface area contributed by atoms with Crippen molar-refractivity contribution in [3.63, 3.8) is 0 Å². The Morgan fingerprint density at radius 3 is 2.84 bits per heavy atom. The molecule has 4 nitrogen and oxygen atoms in total. The fourth-order valence-corrected chi connectivity index (χ4v) is 5.54. The van der Waals surface area contributed by atoms with Crippen LogP contribution in [-0.2, 0) is 28.8 Å². The monoisotopic (exact) mass is 397 g/mol. The molecule has 1 atom stereocenters. The molecule has 0 saturated heterocycles. The van der Waals surface area contributed by atoms with E-state index in [4.69, 9.17) is 16.3 Å². The van der Waals surface area contributed by atoms with Crippen LogP contribution < -0.4 is 5.32 Å². The number of ether oxygens (including phenoxy) is 1. The lowest BCUT2D eigenvalue weighted by Gasteiger charge is -2.18. The SMILES string of the molecule is CCOC(=O)c1c(NC(=O)Cc2ccc(Cl)s2)sc2c1CC[C@H](C)C2. The van der Waals surface area contributed by atoms with Gasteiger partial charge in [0, 0.05) is 9.75 Å². The van der Waals surface area contributed by atoms with E-state index in [-0.39, 0.29) is 18.3 Å². The number of carbonyl (C=O) groups is 2. The van der Waals surface area contributed by atoms with Gasteiger partial charge in [0.05, 0.1) is 22.9 Å². The van der Waals surface area contributed by atoms with Gasteiger partial charge in [0.1, 0.15) is 5.00 Å². The summed E-state index contributed by atoms with van der Waals surface area (Å²) in [6, 6.07) is 3.63. The van der Waals surface area contributed by atoms with Crippen molar-refractivity contribution in [3.05, 3.63) is 37.4 Å². The van der Waals surface area contributed by atoms with Crippen LogP contribution in [0.3, 0.4) is 0 Å². The molecular formula is C18H20ClNO3S2. The second-order valence-corrected chi connectivity index (χ2v) is 9.11. The Bertz CT molecular complexity index is 796. The van der Waals surface area contributed by atoms with E-state index in [1.165, 1.54) is 27.6 Å². The minimum absolute atomic E-state index is 0.143. The van der Waals surface area contributed by atoms with Crippen LogP contribution in [0, 0.1) is 5.92 Å². The lowest BCUT2D eigenvalue weighted by atomic mass is 9.88. The summed E-state index contributed by atoms with van der Waals surface area (Å²) in [5.74, 6) is 0.109. The zero-order chi connectivity index (χ0) is 18.0. The van der Waals surface area contributed by atoms with Gasteiger partial charge in [0.15, 0.2) is 0 Å². The minimum atomic E-state index is -0.343. The maximum Gasteiger partial charge on any atom is 0.341 e. The Hall–Kier alpha value is -1.37. The zero-order valence-corrected chi connectivity index (χ0v) is 16.6. The molecule has 1 amide bonds. The third-order valence-corrected chi connectivity index (χ3v) is 6.61. The topological polar surface area (TPSA) is 55.4 Å². The molecule has 2 aromatic heterocycles. The Morgan fingerprint density at radius 2 is 2.16 bits per heavy atom. The first kappa shape index (κ1) is 18.4. The van der Waals surface area contributed by atoms with Gasteiger partial charge in [0.2, 0.25) is 5.91 Å². The molecule has 0 bridgehead atoms. The van der Waals surface area contributed by atoms with Crippen LogP contribution in [0.15, 0.2) is 12.1 Å². The number of anilines is 1. The lowest BCUT2D eigenvalue weighted by Crippen LogP contribution is -2.17. The van der Waals surface area contributed by atoms with E-state index in [0.29, 0.717) is 27.4 Å². The Kier molecular flexibility index (Phi) is 5.81. The van der Waals surface area contributed by atoms with E-state index in [1.807, 2.05) is 6.07 Å². The molecule has 0 aromatic carbocycles. The number of thiophene rings is 2. The molecular weight excluding hydrogens is 378 g/mol. The van der Waals surface area contributed by atoms with Crippen molar-refractivity contribution in [2.75, 3.05) is 11.9 Å². The van der Waals surface area contributed by atoms with Crippen LogP contribution in [0.5, 0.6) is 0 Å². The third kappa shape index (κ3) is 4.25. The molecule has 7 heteroatoms. The molecule has 0 spiro atoms. The fraction of sp³-hybridized carbons (Fsp3) is 0.444. The van der Waals surface area contributed by atoms with E-state index in [0.717, 1.165) is 29.7 Å². The molecule has 3 rings (SSSR count). The van der Waals surface area contributed by atoms with Crippen LogP contribution in [0.1, 0.15) is 45.9 Å². The highest BCUT2D eigenvalue weighted by Crippen LogP contribution is 2.40. The number of hydrogen-bond donors (Lipinski definition) is 1. The van der Waals surface area contributed by atoms with Gasteiger partial charge in [-0.25, -0.2) is 4.79 Å². The Labute approximate surface area is 160 Å². The molecule has 1 aliphatic rings. The molecule has 1 aliphatic carbocycles. The van der Waals surface area contributed by atoms with E-state index < -0.39 is 0 Å². The molecule has 0 aliphatic heterocycles. The van der Waals surface area contributed by atoms with Crippen molar-refractivity contribution in [1.82, 2.24) is 0 Å². The van der Waals surface area contributed by atoms with Gasteiger partial charge in [-0.15, -0.1) is 22.7 Å². The second-order valence-electron chi connectivity index (χ2n) is 6.21. The fourth-order valence-electron chi connectivity index (χ4n) is 3.03. The van der Waals surface area contributed by atoms with Gasteiger partial charge in [-0.3, -0.25) is 4.79 Å². The number of esters is 1. The summed E-state index contributed by atoms with van der Waals surface area (Å²) >= 11 is 8.81.